The zero-order valence-electron chi connectivity index (χ0n) is 17.6. The molecule has 2 N–H and O–H groups in total. The zero-order chi connectivity index (χ0) is 22.6. The van der Waals surface area contributed by atoms with Crippen LogP contribution in [0.1, 0.15) is 37.8 Å². The molecule has 0 bridgehead atoms. The van der Waals surface area contributed by atoms with Crippen molar-refractivity contribution in [3.63, 3.8) is 0 Å². The zero-order valence-corrected chi connectivity index (χ0v) is 17.6. The summed E-state index contributed by atoms with van der Waals surface area (Å²) in [6, 6.07) is 14.3. The van der Waals surface area contributed by atoms with Gasteiger partial charge in [0.1, 0.15) is 18.8 Å². The number of carboxylic acids is 1. The molecule has 0 radical (unpaired) electrons. The molecule has 0 aliphatic heterocycles. The second kappa shape index (κ2) is 9.07. The van der Waals surface area contributed by atoms with Gasteiger partial charge in [-0.2, -0.15) is 0 Å². The lowest BCUT2D eigenvalue weighted by molar-refractivity contribution is -0.140. The molecule has 164 valence electrons. The maximum Gasteiger partial charge on any atom is 0.508 e. The van der Waals surface area contributed by atoms with Crippen LogP contribution in [0.15, 0.2) is 48.5 Å². The van der Waals surface area contributed by atoms with E-state index in [2.05, 4.69) is 5.32 Å². The molecule has 0 fully saturated rings. The lowest BCUT2D eigenvalue weighted by Gasteiger charge is -2.20. The third kappa shape index (κ3) is 5.53. The minimum Gasteiger partial charge on any atom is -0.480 e. The Morgan fingerprint density at radius 3 is 2.03 bits per heavy atom. The van der Waals surface area contributed by atoms with Crippen LogP contribution in [0.2, 0.25) is 0 Å². The molecule has 2 aromatic carbocycles. The molecule has 0 aromatic heterocycles. The molecule has 0 unspecified atom stereocenters. The molecule has 1 amide bonds. The fourth-order valence-corrected chi connectivity index (χ4v) is 3.39. The number of nitrogens with one attached hydrogen (secondary N) is 1. The molecular formula is C23H25NO7. The topological polar surface area (TPSA) is 111 Å². The van der Waals surface area contributed by atoms with E-state index in [1.807, 2.05) is 48.5 Å². The predicted octanol–water partition coefficient (Wildman–Crippen LogP) is 3.93. The molecule has 0 spiro atoms. The number of carbonyl (C=O) groups excluding carboxylic acids is 2. The number of fused-ring (bicyclic) bond motifs is 3. The first kappa shape index (κ1) is 22.1. The van der Waals surface area contributed by atoms with Crippen LogP contribution < -0.4 is 5.32 Å². The van der Waals surface area contributed by atoms with E-state index in [4.69, 9.17) is 14.2 Å². The fraction of sp³-hybridized carbons (Fsp3) is 0.348. The number of rotatable bonds is 6. The maximum atomic E-state index is 12.2. The Balaban J connectivity index is 1.59. The first-order chi connectivity index (χ1) is 14.7. The van der Waals surface area contributed by atoms with Crippen LogP contribution in [0.3, 0.4) is 0 Å². The molecule has 8 heteroatoms. The SMILES string of the molecule is CC(C)(C)OC(=O)OC[C@H](NC(=O)OCC1c2ccccc2-c2ccccc21)C(=O)O. The normalized spacial score (nSPS) is 13.5. The quantitative estimate of drug-likeness (QED) is 0.672. The lowest BCUT2D eigenvalue weighted by Crippen LogP contribution is -2.45. The van der Waals surface area contributed by atoms with Gasteiger partial charge in [0.25, 0.3) is 0 Å². The Hall–Kier alpha value is -3.55. The van der Waals surface area contributed by atoms with Gasteiger partial charge in [0, 0.05) is 5.92 Å². The molecule has 1 aliphatic carbocycles. The highest BCUT2D eigenvalue weighted by molar-refractivity contribution is 5.81. The number of carboxylic acid groups (broad SMARTS) is 1. The van der Waals surface area contributed by atoms with Crippen molar-refractivity contribution >= 4 is 18.2 Å². The summed E-state index contributed by atoms with van der Waals surface area (Å²) in [5.41, 5.74) is 3.47. The number of ether oxygens (including phenoxy) is 3. The molecule has 31 heavy (non-hydrogen) atoms. The van der Waals surface area contributed by atoms with Gasteiger partial charge in [-0.25, -0.2) is 14.4 Å². The average molecular weight is 427 g/mol. The molecule has 0 heterocycles. The molecule has 1 atom stereocenters. The largest absolute Gasteiger partial charge is 0.508 e. The maximum absolute atomic E-state index is 12.2. The highest BCUT2D eigenvalue weighted by atomic mass is 16.7. The van der Waals surface area contributed by atoms with Crippen LogP contribution in [-0.4, -0.2) is 48.2 Å². The van der Waals surface area contributed by atoms with Gasteiger partial charge in [-0.05, 0) is 43.0 Å². The highest BCUT2D eigenvalue weighted by Crippen LogP contribution is 2.44. The van der Waals surface area contributed by atoms with Crippen molar-refractivity contribution in [3.8, 4) is 11.1 Å². The van der Waals surface area contributed by atoms with E-state index in [0.29, 0.717) is 0 Å². The molecule has 0 saturated heterocycles. The van der Waals surface area contributed by atoms with E-state index in [1.54, 1.807) is 20.8 Å². The van der Waals surface area contributed by atoms with Crippen molar-refractivity contribution in [2.75, 3.05) is 13.2 Å². The van der Waals surface area contributed by atoms with E-state index in [0.717, 1.165) is 22.3 Å². The van der Waals surface area contributed by atoms with Gasteiger partial charge in [-0.1, -0.05) is 48.5 Å². The summed E-state index contributed by atoms with van der Waals surface area (Å²) in [5.74, 6) is -1.52. The van der Waals surface area contributed by atoms with Crippen molar-refractivity contribution in [1.29, 1.82) is 0 Å². The Kier molecular flexibility index (Phi) is 6.48. The van der Waals surface area contributed by atoms with E-state index >= 15 is 0 Å². The molecular weight excluding hydrogens is 402 g/mol. The van der Waals surface area contributed by atoms with Crippen LogP contribution in [0.4, 0.5) is 9.59 Å². The monoisotopic (exact) mass is 427 g/mol. The van der Waals surface area contributed by atoms with Gasteiger partial charge in [0.2, 0.25) is 0 Å². The van der Waals surface area contributed by atoms with Crippen LogP contribution >= 0.6 is 0 Å². The Labute approximate surface area is 180 Å². The van der Waals surface area contributed by atoms with Crippen molar-refractivity contribution < 1.29 is 33.7 Å². The van der Waals surface area contributed by atoms with Crippen molar-refractivity contribution in [1.82, 2.24) is 5.32 Å². The van der Waals surface area contributed by atoms with Crippen LogP contribution in [0, 0.1) is 0 Å². The molecule has 2 aromatic rings. The van der Waals surface area contributed by atoms with E-state index in [1.165, 1.54) is 0 Å². The summed E-state index contributed by atoms with van der Waals surface area (Å²) in [6.45, 7) is 4.40. The van der Waals surface area contributed by atoms with Crippen molar-refractivity contribution in [2.24, 2.45) is 0 Å². The van der Waals surface area contributed by atoms with Gasteiger partial charge in [0.05, 0.1) is 0 Å². The highest BCUT2D eigenvalue weighted by Gasteiger charge is 2.30. The second-order valence-electron chi connectivity index (χ2n) is 8.14. The third-order valence-electron chi connectivity index (χ3n) is 4.69. The minimum absolute atomic E-state index is 0.0408. The number of alkyl carbamates (subject to hydrolysis) is 1. The summed E-state index contributed by atoms with van der Waals surface area (Å²) in [7, 11) is 0. The molecule has 8 nitrogen and oxygen atoms in total. The smallest absolute Gasteiger partial charge is 0.480 e. The summed E-state index contributed by atoms with van der Waals surface area (Å²) in [6.07, 6.45) is -1.94. The van der Waals surface area contributed by atoms with Gasteiger partial charge < -0.3 is 24.6 Å². The predicted molar refractivity (Wildman–Crippen MR) is 112 cm³/mol. The van der Waals surface area contributed by atoms with Crippen LogP contribution in [-0.2, 0) is 19.0 Å². The summed E-state index contributed by atoms with van der Waals surface area (Å²) in [4.78, 5) is 35.3. The van der Waals surface area contributed by atoms with Gasteiger partial charge >= 0.3 is 18.2 Å². The molecule has 0 saturated carbocycles. The number of aliphatic carboxylic acids is 1. The van der Waals surface area contributed by atoms with Gasteiger partial charge in [-0.3, -0.25) is 0 Å². The Morgan fingerprint density at radius 2 is 1.52 bits per heavy atom. The van der Waals surface area contributed by atoms with Crippen LogP contribution in [0.25, 0.3) is 11.1 Å². The van der Waals surface area contributed by atoms with E-state index in [-0.39, 0.29) is 12.5 Å². The van der Waals surface area contributed by atoms with E-state index in [9.17, 15) is 19.5 Å². The van der Waals surface area contributed by atoms with Gasteiger partial charge in [0.15, 0.2) is 6.04 Å². The first-order valence-corrected chi connectivity index (χ1v) is 9.86. The fourth-order valence-electron chi connectivity index (χ4n) is 3.39. The first-order valence-electron chi connectivity index (χ1n) is 9.86. The number of carbonyl (C=O) groups is 3. The third-order valence-corrected chi connectivity index (χ3v) is 4.69. The number of benzene rings is 2. The van der Waals surface area contributed by atoms with Crippen molar-refractivity contribution in [2.45, 2.75) is 38.3 Å². The Morgan fingerprint density at radius 1 is 0.968 bits per heavy atom. The molecule has 3 rings (SSSR count). The summed E-state index contributed by atoms with van der Waals surface area (Å²) >= 11 is 0. The summed E-state index contributed by atoms with van der Waals surface area (Å²) in [5, 5.41) is 11.5. The summed E-state index contributed by atoms with van der Waals surface area (Å²) < 4.78 is 15.1. The second-order valence-corrected chi connectivity index (χ2v) is 8.14. The molecule has 1 aliphatic rings. The number of hydrogen-bond acceptors (Lipinski definition) is 6. The lowest BCUT2D eigenvalue weighted by atomic mass is 9.98. The van der Waals surface area contributed by atoms with Crippen LogP contribution in [0.5, 0.6) is 0 Å². The minimum atomic E-state index is -1.47. The number of hydrogen-bond donors (Lipinski definition) is 2. The van der Waals surface area contributed by atoms with E-state index < -0.39 is 36.5 Å². The standard InChI is InChI=1S/C23H25NO7/c1-23(2,3)31-22(28)30-13-19(20(25)26)24-21(27)29-12-18-16-10-6-4-8-14(16)15-9-5-7-11-17(15)18/h4-11,18-19H,12-13H2,1-3H3,(H,24,27)(H,25,26)/t19-/m0/s1. The number of amides is 1. The van der Waals surface area contributed by atoms with Gasteiger partial charge in [-0.15, -0.1) is 0 Å². The Bertz CT molecular complexity index is 934. The van der Waals surface area contributed by atoms with Crippen molar-refractivity contribution in [3.05, 3.63) is 59.7 Å². The average Bonchev–Trinajstić information content (AvgIpc) is 3.02.